The summed E-state index contributed by atoms with van der Waals surface area (Å²) in [4.78, 5) is 13.8. The monoisotopic (exact) mass is 262 g/mol. The lowest BCUT2D eigenvalue weighted by molar-refractivity contribution is -0.144. The smallest absolute Gasteiger partial charge is 0.310 e. The second-order valence-electron chi connectivity index (χ2n) is 5.16. The number of fused-ring (bicyclic) bond motifs is 1. The van der Waals surface area contributed by atoms with Gasteiger partial charge in [-0.3, -0.25) is 4.79 Å². The molecule has 2 unspecified atom stereocenters. The van der Waals surface area contributed by atoms with Crippen molar-refractivity contribution in [2.24, 2.45) is 11.7 Å². The Balaban J connectivity index is 2.13. The Morgan fingerprint density at radius 2 is 2.26 bits per heavy atom. The molecule has 0 aliphatic carbocycles. The third-order valence-electron chi connectivity index (χ3n) is 3.77. The van der Waals surface area contributed by atoms with Gasteiger partial charge < -0.3 is 15.4 Å². The van der Waals surface area contributed by atoms with E-state index in [1.165, 1.54) is 18.4 Å². The fourth-order valence-electron chi connectivity index (χ4n) is 2.81. The van der Waals surface area contributed by atoms with Gasteiger partial charge >= 0.3 is 5.97 Å². The van der Waals surface area contributed by atoms with Gasteiger partial charge in [0.1, 0.15) is 0 Å². The predicted molar refractivity (Wildman–Crippen MR) is 76.2 cm³/mol. The lowest BCUT2D eigenvalue weighted by Gasteiger charge is -2.22. The van der Waals surface area contributed by atoms with Crippen LogP contribution >= 0.6 is 0 Å². The zero-order chi connectivity index (χ0) is 13.8. The van der Waals surface area contributed by atoms with Crippen molar-refractivity contribution in [3.8, 4) is 0 Å². The normalized spacial score (nSPS) is 19.1. The maximum atomic E-state index is 11.5. The van der Waals surface area contributed by atoms with Gasteiger partial charge in [-0.2, -0.15) is 0 Å². The van der Waals surface area contributed by atoms with Crippen LogP contribution in [0.2, 0.25) is 0 Å². The summed E-state index contributed by atoms with van der Waals surface area (Å²) >= 11 is 0. The first-order valence-electron chi connectivity index (χ1n) is 6.79. The van der Waals surface area contributed by atoms with Gasteiger partial charge in [-0.05, 0) is 24.6 Å². The average molecular weight is 262 g/mol. The summed E-state index contributed by atoms with van der Waals surface area (Å²) in [6, 6.07) is 8.39. The molecule has 4 heteroatoms. The van der Waals surface area contributed by atoms with Crippen LogP contribution in [0.1, 0.15) is 24.8 Å². The SMILES string of the molecule is COC(=O)C(C)CN1CC(CCN)c2ccccc21. The van der Waals surface area contributed by atoms with Crippen LogP contribution in [-0.2, 0) is 9.53 Å². The lowest BCUT2D eigenvalue weighted by atomic mass is 9.98. The van der Waals surface area contributed by atoms with Gasteiger partial charge in [-0.1, -0.05) is 25.1 Å². The Kier molecular flexibility index (Phi) is 4.43. The number of rotatable bonds is 5. The Hall–Kier alpha value is -1.55. The zero-order valence-electron chi connectivity index (χ0n) is 11.6. The number of nitrogens with two attached hydrogens (primary N) is 1. The first-order valence-corrected chi connectivity index (χ1v) is 6.79. The van der Waals surface area contributed by atoms with Crippen LogP contribution in [-0.4, -0.2) is 32.7 Å². The number of anilines is 1. The van der Waals surface area contributed by atoms with Gasteiger partial charge in [-0.15, -0.1) is 0 Å². The van der Waals surface area contributed by atoms with Crippen molar-refractivity contribution in [1.29, 1.82) is 0 Å². The van der Waals surface area contributed by atoms with Gasteiger partial charge in [-0.25, -0.2) is 0 Å². The topological polar surface area (TPSA) is 55.6 Å². The molecule has 2 N–H and O–H groups in total. The number of carbonyl (C=O) groups excluding carboxylic acids is 1. The summed E-state index contributed by atoms with van der Waals surface area (Å²) in [7, 11) is 1.44. The van der Waals surface area contributed by atoms with Crippen LogP contribution in [0.3, 0.4) is 0 Å². The third kappa shape index (κ3) is 2.89. The van der Waals surface area contributed by atoms with E-state index in [0.717, 1.165) is 13.0 Å². The van der Waals surface area contributed by atoms with Gasteiger partial charge in [0.25, 0.3) is 0 Å². The molecule has 1 aromatic carbocycles. The summed E-state index contributed by atoms with van der Waals surface area (Å²) in [6.45, 7) is 4.24. The van der Waals surface area contributed by atoms with Crippen LogP contribution < -0.4 is 10.6 Å². The summed E-state index contributed by atoms with van der Waals surface area (Å²) in [5.41, 5.74) is 8.27. The average Bonchev–Trinajstić information content (AvgIpc) is 2.77. The molecule has 2 atom stereocenters. The summed E-state index contributed by atoms with van der Waals surface area (Å²) < 4.78 is 4.80. The first kappa shape index (κ1) is 13.9. The minimum atomic E-state index is -0.153. The van der Waals surface area contributed by atoms with E-state index in [4.69, 9.17) is 10.5 Å². The van der Waals surface area contributed by atoms with Crippen LogP contribution in [0.15, 0.2) is 24.3 Å². The fourth-order valence-corrected chi connectivity index (χ4v) is 2.81. The lowest BCUT2D eigenvalue weighted by Crippen LogP contribution is -2.31. The number of methoxy groups -OCH3 is 1. The number of hydrogen-bond donors (Lipinski definition) is 1. The van der Waals surface area contributed by atoms with Crippen molar-refractivity contribution >= 4 is 11.7 Å². The first-order chi connectivity index (χ1) is 9.17. The number of nitrogens with zero attached hydrogens (tertiary/aromatic N) is 1. The molecule has 19 heavy (non-hydrogen) atoms. The molecule has 0 saturated carbocycles. The van der Waals surface area contributed by atoms with E-state index in [1.54, 1.807) is 0 Å². The highest BCUT2D eigenvalue weighted by atomic mass is 16.5. The van der Waals surface area contributed by atoms with Crippen molar-refractivity contribution in [2.75, 3.05) is 31.6 Å². The highest BCUT2D eigenvalue weighted by molar-refractivity contribution is 5.73. The number of carbonyl (C=O) groups is 1. The Morgan fingerprint density at radius 1 is 1.53 bits per heavy atom. The molecule has 0 amide bonds. The molecule has 104 valence electrons. The standard InChI is InChI=1S/C15H22N2O2/c1-11(15(18)19-2)9-17-10-12(7-8-16)13-5-3-4-6-14(13)17/h3-6,11-12H,7-10,16H2,1-2H3. The number of hydrogen-bond acceptors (Lipinski definition) is 4. The fraction of sp³-hybridized carbons (Fsp3) is 0.533. The molecule has 1 heterocycles. The molecule has 0 radical (unpaired) electrons. The molecule has 0 saturated heterocycles. The van der Waals surface area contributed by atoms with E-state index in [0.29, 0.717) is 19.0 Å². The molecule has 4 nitrogen and oxygen atoms in total. The number of ether oxygens (including phenoxy) is 1. The predicted octanol–water partition coefficient (Wildman–Crippen LogP) is 1.75. The van der Waals surface area contributed by atoms with Crippen LogP contribution in [0.4, 0.5) is 5.69 Å². The van der Waals surface area contributed by atoms with Gasteiger partial charge in [0.15, 0.2) is 0 Å². The summed E-state index contributed by atoms with van der Waals surface area (Å²) in [5.74, 6) is 0.209. The van der Waals surface area contributed by atoms with Crippen LogP contribution in [0.25, 0.3) is 0 Å². The molecular formula is C15H22N2O2. The molecule has 0 spiro atoms. The van der Waals surface area contributed by atoms with Gasteiger partial charge in [0.05, 0.1) is 13.0 Å². The number of esters is 1. The van der Waals surface area contributed by atoms with Crippen molar-refractivity contribution in [2.45, 2.75) is 19.3 Å². The van der Waals surface area contributed by atoms with Crippen molar-refractivity contribution in [3.63, 3.8) is 0 Å². The molecule has 0 fully saturated rings. The van der Waals surface area contributed by atoms with Crippen molar-refractivity contribution in [1.82, 2.24) is 0 Å². The van der Waals surface area contributed by atoms with Crippen molar-refractivity contribution in [3.05, 3.63) is 29.8 Å². The van der Waals surface area contributed by atoms with Crippen molar-refractivity contribution < 1.29 is 9.53 Å². The minimum Gasteiger partial charge on any atom is -0.469 e. The maximum Gasteiger partial charge on any atom is 0.310 e. The van der Waals surface area contributed by atoms with Crippen LogP contribution in [0, 0.1) is 5.92 Å². The van der Waals surface area contributed by atoms with E-state index in [9.17, 15) is 4.79 Å². The quantitative estimate of drug-likeness (QED) is 0.821. The maximum absolute atomic E-state index is 11.5. The second kappa shape index (κ2) is 6.06. The molecule has 1 aromatic rings. The van der Waals surface area contributed by atoms with Crippen LogP contribution in [0.5, 0.6) is 0 Å². The summed E-state index contributed by atoms with van der Waals surface area (Å²) in [6.07, 6.45) is 0.986. The number of para-hydroxylation sites is 1. The molecule has 1 aliphatic rings. The molecular weight excluding hydrogens is 240 g/mol. The second-order valence-corrected chi connectivity index (χ2v) is 5.16. The van der Waals surface area contributed by atoms with E-state index >= 15 is 0 Å². The van der Waals surface area contributed by atoms with Gasteiger partial charge in [0.2, 0.25) is 0 Å². The molecule has 0 aromatic heterocycles. The van der Waals surface area contributed by atoms with Gasteiger partial charge in [0, 0.05) is 24.7 Å². The molecule has 2 rings (SSSR count). The summed E-state index contributed by atoms with van der Waals surface area (Å²) in [5, 5.41) is 0. The van der Waals surface area contributed by atoms with E-state index < -0.39 is 0 Å². The number of benzene rings is 1. The molecule has 0 bridgehead atoms. The van der Waals surface area contributed by atoms with E-state index in [1.807, 2.05) is 13.0 Å². The largest absolute Gasteiger partial charge is 0.469 e. The highest BCUT2D eigenvalue weighted by Crippen LogP contribution is 2.37. The highest BCUT2D eigenvalue weighted by Gasteiger charge is 2.29. The Morgan fingerprint density at radius 3 is 2.95 bits per heavy atom. The Bertz CT molecular complexity index is 448. The zero-order valence-corrected chi connectivity index (χ0v) is 11.6. The van der Waals surface area contributed by atoms with E-state index in [2.05, 4.69) is 23.1 Å². The third-order valence-corrected chi connectivity index (χ3v) is 3.77. The minimum absolute atomic E-state index is 0.116. The molecule has 1 aliphatic heterocycles. The van der Waals surface area contributed by atoms with E-state index in [-0.39, 0.29) is 11.9 Å². The Labute approximate surface area is 114 Å².